The van der Waals surface area contributed by atoms with Gasteiger partial charge in [-0.1, -0.05) is 30.3 Å². The van der Waals surface area contributed by atoms with Crippen molar-refractivity contribution in [2.24, 2.45) is 0 Å². The Balaban J connectivity index is 0.000000481. The topological polar surface area (TPSA) is 26.3 Å². The summed E-state index contributed by atoms with van der Waals surface area (Å²) in [5.41, 5.74) is 0.347. The first kappa shape index (κ1) is 25.5. The molecule has 26 heavy (non-hydrogen) atoms. The summed E-state index contributed by atoms with van der Waals surface area (Å²) >= 11 is 4.80. The van der Waals surface area contributed by atoms with Crippen LogP contribution < -0.4 is 4.74 Å². The molecule has 0 spiro atoms. The molecule has 0 bridgehead atoms. The van der Waals surface area contributed by atoms with Crippen molar-refractivity contribution in [3.8, 4) is 5.75 Å². The Bertz CT molecular complexity index is 498. The van der Waals surface area contributed by atoms with Crippen LogP contribution in [0.3, 0.4) is 0 Å². The second kappa shape index (κ2) is 16.7. The molecule has 0 atom stereocenters. The van der Waals surface area contributed by atoms with Gasteiger partial charge in [-0.05, 0) is 19.1 Å². The number of hydrogen-bond donors (Lipinski definition) is 0. The van der Waals surface area contributed by atoms with Crippen LogP contribution in [0.25, 0.3) is 0 Å². The van der Waals surface area contributed by atoms with Crippen molar-refractivity contribution in [2.45, 2.75) is 79.5 Å². The molecular weight excluding hydrogens is 450 g/mol. The van der Waals surface area contributed by atoms with Crippen molar-refractivity contribution in [2.75, 3.05) is 0 Å². The van der Waals surface area contributed by atoms with Crippen LogP contribution in [0.5, 0.6) is 5.75 Å². The molecule has 0 heterocycles. The van der Waals surface area contributed by atoms with E-state index in [1.807, 2.05) is 0 Å². The van der Waals surface area contributed by atoms with Gasteiger partial charge in [0.25, 0.3) is 0 Å². The number of ether oxygens (including phenoxy) is 1. The summed E-state index contributed by atoms with van der Waals surface area (Å²) in [6, 6.07) is 6.79. The zero-order valence-corrected chi connectivity index (χ0v) is 21.2. The van der Waals surface area contributed by atoms with Crippen LogP contribution in [0.4, 0.5) is 0 Å². The molecule has 0 N–H and O–H groups in total. The van der Waals surface area contributed by atoms with E-state index in [-0.39, 0.29) is 0 Å². The third-order valence-corrected chi connectivity index (χ3v) is 15.1. The minimum atomic E-state index is -0.967. The fourth-order valence-corrected chi connectivity index (χ4v) is 13.7. The van der Waals surface area contributed by atoms with Gasteiger partial charge < -0.3 is 4.74 Å². The Morgan fingerprint density at radius 3 is 1.85 bits per heavy atom. The van der Waals surface area contributed by atoms with Crippen LogP contribution in [-0.2, 0) is 4.79 Å². The van der Waals surface area contributed by atoms with E-state index < -0.39 is 25.7 Å². The molecule has 1 aromatic rings. The Hall–Kier alpha value is -0.481. The van der Waals surface area contributed by atoms with Crippen LogP contribution in [0.15, 0.2) is 36.4 Å². The Morgan fingerprint density at radius 1 is 1.00 bits per heavy atom. The molecule has 1 rings (SSSR count). The summed E-state index contributed by atoms with van der Waals surface area (Å²) in [5.74, 6) is -0.106. The zero-order valence-electron chi connectivity index (χ0n) is 17.2. The summed E-state index contributed by atoms with van der Waals surface area (Å²) in [6.07, 6.45) is 8.87. The van der Waals surface area contributed by atoms with E-state index in [9.17, 15) is 4.79 Å². The molecule has 0 unspecified atom stereocenters. The van der Waals surface area contributed by atoms with Crippen LogP contribution in [0, 0.1) is 0 Å². The molecule has 148 valence electrons. The summed E-state index contributed by atoms with van der Waals surface area (Å²) < 4.78 is 10.0. The summed E-state index contributed by atoms with van der Waals surface area (Å²) in [6.45, 7) is 12.1. The predicted octanol–water partition coefficient (Wildman–Crippen LogP) is 7.44. The number of para-hydroxylation sites is 1. The first-order valence-corrected chi connectivity index (χ1v) is 17.4. The average Bonchev–Trinajstić information content (AvgIpc) is 2.63. The van der Waals surface area contributed by atoms with Crippen molar-refractivity contribution < 1.29 is 9.53 Å². The predicted molar refractivity (Wildman–Crippen MR) is 118 cm³/mol. The number of esters is 1. The van der Waals surface area contributed by atoms with Gasteiger partial charge in [0.15, 0.2) is 0 Å². The van der Waals surface area contributed by atoms with E-state index in [0.29, 0.717) is 16.3 Å². The van der Waals surface area contributed by atoms with Crippen molar-refractivity contribution in [3.05, 3.63) is 41.4 Å². The molecule has 0 aliphatic carbocycles. The van der Waals surface area contributed by atoms with Gasteiger partial charge in [0.1, 0.15) is 5.75 Å². The molecular formula is C22H37ClO2Sn. The molecule has 0 fully saturated rings. The molecule has 0 aliphatic heterocycles. The molecule has 4 heteroatoms. The van der Waals surface area contributed by atoms with Crippen molar-refractivity contribution in [1.82, 2.24) is 0 Å². The van der Waals surface area contributed by atoms with Gasteiger partial charge in [0, 0.05) is 5.57 Å². The van der Waals surface area contributed by atoms with E-state index in [0.717, 1.165) is 0 Å². The number of hydrogen-bond acceptors (Lipinski definition) is 2. The van der Waals surface area contributed by atoms with Gasteiger partial charge in [-0.15, -0.1) is 0 Å². The van der Waals surface area contributed by atoms with Gasteiger partial charge in [-0.3, -0.25) is 0 Å². The normalized spacial score (nSPS) is 10.2. The van der Waals surface area contributed by atoms with E-state index in [1.54, 1.807) is 44.5 Å². The second-order valence-corrected chi connectivity index (χ2v) is 17.2. The molecule has 0 radical (unpaired) electrons. The number of halogens is 1. The molecule has 2 nitrogen and oxygen atoms in total. The molecule has 0 saturated carbocycles. The van der Waals surface area contributed by atoms with Gasteiger partial charge in [-0.25, -0.2) is 4.79 Å². The first-order chi connectivity index (χ1) is 12.5. The fraction of sp³-hybridized carbons (Fsp3) is 0.591. The van der Waals surface area contributed by atoms with Gasteiger partial charge in [0.05, 0.1) is 5.02 Å². The summed E-state index contributed by atoms with van der Waals surface area (Å²) in [4.78, 5) is 11.1. The standard InChI is InChI=1S/C10H9ClO2.3C4H9.Sn.H/c1-7(2)10(12)13-9-6-4-3-5-8(9)11;3*1-3-4-2;;/h3-6H,1H2,2H3;3*1,3-4H2,2H3;;. The quantitative estimate of drug-likeness (QED) is 0.140. The second-order valence-electron chi connectivity index (χ2n) is 6.89. The van der Waals surface area contributed by atoms with Crippen molar-refractivity contribution in [3.63, 3.8) is 0 Å². The van der Waals surface area contributed by atoms with E-state index >= 15 is 0 Å². The number of carbonyl (C=O) groups is 1. The minimum absolute atomic E-state index is 0.347. The van der Waals surface area contributed by atoms with Crippen LogP contribution in [0.1, 0.15) is 66.2 Å². The van der Waals surface area contributed by atoms with Gasteiger partial charge in [0.2, 0.25) is 0 Å². The molecule has 0 aliphatic rings. The third-order valence-electron chi connectivity index (χ3n) is 4.29. The number of unbranched alkanes of at least 4 members (excludes halogenated alkanes) is 3. The number of carbonyl (C=O) groups excluding carboxylic acids is 1. The van der Waals surface area contributed by atoms with Gasteiger partial charge >= 0.3 is 98.3 Å². The maximum absolute atomic E-state index is 11.1. The van der Waals surface area contributed by atoms with Crippen LogP contribution in [0.2, 0.25) is 18.3 Å². The van der Waals surface area contributed by atoms with E-state index in [4.69, 9.17) is 16.3 Å². The summed E-state index contributed by atoms with van der Waals surface area (Å²) in [5, 5.41) is 0.414. The van der Waals surface area contributed by atoms with Gasteiger partial charge in [-0.2, -0.15) is 0 Å². The van der Waals surface area contributed by atoms with Crippen LogP contribution >= 0.6 is 11.6 Å². The van der Waals surface area contributed by atoms with E-state index in [1.165, 1.54) is 38.5 Å². The Labute approximate surface area is 173 Å². The fourth-order valence-electron chi connectivity index (χ4n) is 2.63. The average molecular weight is 488 g/mol. The number of rotatable bonds is 11. The first-order valence-electron chi connectivity index (χ1n) is 10.1. The SMILES string of the molecule is C=C(C)C(=O)Oc1ccccc1Cl.CCC[CH2][SnH]([CH2]CCC)[CH2]CCC. The molecule has 1 aromatic carbocycles. The maximum atomic E-state index is 11.1. The molecule has 0 amide bonds. The summed E-state index contributed by atoms with van der Waals surface area (Å²) in [7, 11) is 0. The Morgan fingerprint density at radius 2 is 1.46 bits per heavy atom. The monoisotopic (exact) mass is 488 g/mol. The van der Waals surface area contributed by atoms with Crippen molar-refractivity contribution >= 4 is 37.3 Å². The number of benzene rings is 1. The zero-order chi connectivity index (χ0) is 19.8. The molecule has 0 saturated heterocycles. The van der Waals surface area contributed by atoms with Crippen LogP contribution in [-0.4, -0.2) is 25.7 Å². The Kier molecular flexibility index (Phi) is 16.4. The van der Waals surface area contributed by atoms with Crippen molar-refractivity contribution in [1.29, 1.82) is 0 Å². The molecule has 0 aromatic heterocycles. The third kappa shape index (κ3) is 12.8. The van der Waals surface area contributed by atoms with E-state index in [2.05, 4.69) is 27.4 Å².